The van der Waals surface area contributed by atoms with Gasteiger partial charge in [0.2, 0.25) is 5.69 Å². The Balaban J connectivity index is 1.38. The smallest absolute Gasteiger partial charge is 0.364 e. The number of nitrogens with zero attached hydrogens (tertiary/aromatic N) is 3. The molecule has 4 nitrogen and oxygen atoms in total. The highest BCUT2D eigenvalue weighted by atomic mass is 28.3. The maximum atomic E-state index is 7.07. The Morgan fingerprint density at radius 1 is 0.714 bits per heavy atom. The van der Waals surface area contributed by atoms with Crippen molar-refractivity contribution in [2.45, 2.75) is 52.5 Å². The van der Waals surface area contributed by atoms with Crippen LogP contribution in [0.25, 0.3) is 72.4 Å². The summed E-state index contributed by atoms with van der Waals surface area (Å²) in [6.45, 7) is 14.5. The van der Waals surface area contributed by atoms with Crippen molar-refractivity contribution in [2.24, 2.45) is 5.92 Å². The van der Waals surface area contributed by atoms with Crippen molar-refractivity contribution in [1.29, 1.82) is 0 Å². The zero-order valence-electron chi connectivity index (χ0n) is 32.9. The summed E-state index contributed by atoms with van der Waals surface area (Å²) >= 11 is 0. The number of rotatable bonds is 5. The van der Waals surface area contributed by atoms with Gasteiger partial charge < -0.3 is 4.42 Å². The minimum Gasteiger partial charge on any atom is -0.455 e. The highest BCUT2D eigenvalue weighted by molar-refractivity contribution is 6.89. The highest BCUT2D eigenvalue weighted by Gasteiger charge is 2.67. The molecule has 9 aromatic rings. The summed E-state index contributed by atoms with van der Waals surface area (Å²) in [7, 11) is -1.82. The highest BCUT2D eigenvalue weighted by Crippen LogP contribution is 2.53. The molecule has 3 aromatic heterocycles. The molecule has 5 heterocycles. The summed E-state index contributed by atoms with van der Waals surface area (Å²) in [6.07, 6.45) is 3.64. The van der Waals surface area contributed by atoms with E-state index in [0.717, 1.165) is 51.0 Å². The number of para-hydroxylation sites is 4. The fourth-order valence-electron chi connectivity index (χ4n) is 10.1. The number of benzene rings is 6. The number of hydrogen-bond donors (Lipinski definition) is 0. The monoisotopic (exact) mass is 743 g/mol. The van der Waals surface area contributed by atoms with Crippen LogP contribution < -0.4 is 14.3 Å². The molecule has 0 amide bonds. The third-order valence-corrected chi connectivity index (χ3v) is 14.3. The summed E-state index contributed by atoms with van der Waals surface area (Å²) in [5.74, 6) is 1.68. The van der Waals surface area contributed by atoms with Crippen molar-refractivity contribution in [3.8, 4) is 39.5 Å². The third kappa shape index (κ3) is 4.40. The van der Waals surface area contributed by atoms with E-state index in [2.05, 4.69) is 200 Å². The number of pyridine rings is 1. The number of fused-ring (bicyclic) bond motifs is 16. The van der Waals surface area contributed by atoms with Crippen molar-refractivity contribution < 1.29 is 13.6 Å². The lowest BCUT2D eigenvalue weighted by Crippen LogP contribution is -2.72. The third-order valence-electron chi connectivity index (χ3n) is 12.3. The first-order valence-corrected chi connectivity index (χ1v) is 23.5. The van der Waals surface area contributed by atoms with E-state index in [1.54, 1.807) is 0 Å². The second-order valence-electron chi connectivity index (χ2n) is 17.4. The fourth-order valence-corrected chi connectivity index (χ4v) is 11.7. The van der Waals surface area contributed by atoms with Gasteiger partial charge in [0.05, 0.1) is 24.8 Å². The van der Waals surface area contributed by atoms with Crippen molar-refractivity contribution in [3.63, 3.8) is 0 Å². The summed E-state index contributed by atoms with van der Waals surface area (Å²) in [4.78, 5) is 0. The molecule has 0 radical (unpaired) electrons. The summed E-state index contributed by atoms with van der Waals surface area (Å²) in [5.41, 5.74) is 16.0. The van der Waals surface area contributed by atoms with Crippen molar-refractivity contribution in [3.05, 3.63) is 168 Å². The van der Waals surface area contributed by atoms with Crippen LogP contribution in [0.3, 0.4) is 0 Å². The second-order valence-corrected chi connectivity index (χ2v) is 22.4. The lowest BCUT2D eigenvalue weighted by atomic mass is 9.88. The summed E-state index contributed by atoms with van der Waals surface area (Å²) in [6, 6.07) is 51.6. The lowest BCUT2D eigenvalue weighted by molar-refractivity contribution is -0.944. The first kappa shape index (κ1) is 33.3. The van der Waals surface area contributed by atoms with Gasteiger partial charge in [0.1, 0.15) is 16.8 Å². The Kier molecular flexibility index (Phi) is 6.98. The predicted octanol–water partition coefficient (Wildman–Crippen LogP) is 11.1. The molecule has 56 heavy (non-hydrogen) atoms. The normalized spacial score (nSPS) is 15.6. The average molecular weight is 744 g/mol. The molecule has 272 valence electrons. The topological polar surface area (TPSA) is 25.8 Å². The number of aryl methyl sites for hydroxylation is 1. The Hall–Kier alpha value is -6.04. The summed E-state index contributed by atoms with van der Waals surface area (Å²) in [5, 5.41) is 3.80. The van der Waals surface area contributed by atoms with Gasteiger partial charge in [0.25, 0.3) is 0 Å². The predicted molar refractivity (Wildman–Crippen MR) is 232 cm³/mol. The summed E-state index contributed by atoms with van der Waals surface area (Å²) < 4.78 is 14.9. The van der Waals surface area contributed by atoms with E-state index in [1.807, 2.05) is 0 Å². The molecule has 0 bridgehead atoms. The SMILES string of the molecule is Cc1ccc2c(c1)C1(c3ccc4c(oc5ccccc54)c3-c3n(-c4ccccc4-c4ccccc4)c4ccccc4[n+]31)[n+]1cc([Si](C)(C)C)c(CC(C)C)cc1-2. The van der Waals surface area contributed by atoms with Crippen LogP contribution in [0.15, 0.2) is 150 Å². The zero-order chi connectivity index (χ0) is 38.1. The van der Waals surface area contributed by atoms with Gasteiger partial charge in [-0.1, -0.05) is 124 Å². The minimum atomic E-state index is -1.82. The van der Waals surface area contributed by atoms with Gasteiger partial charge in [-0.15, -0.1) is 9.13 Å². The Morgan fingerprint density at radius 3 is 2.29 bits per heavy atom. The minimum absolute atomic E-state index is 0.554. The zero-order valence-corrected chi connectivity index (χ0v) is 33.9. The molecule has 1 atom stereocenters. The van der Waals surface area contributed by atoms with Crippen LogP contribution in [0, 0.1) is 12.8 Å². The van der Waals surface area contributed by atoms with Crippen LogP contribution in [0.2, 0.25) is 19.6 Å². The Morgan fingerprint density at radius 2 is 1.46 bits per heavy atom. The van der Waals surface area contributed by atoms with E-state index < -0.39 is 13.7 Å². The van der Waals surface area contributed by atoms with E-state index in [1.165, 1.54) is 55.3 Å². The molecule has 0 N–H and O–H groups in total. The lowest BCUT2D eigenvalue weighted by Gasteiger charge is -2.24. The molecule has 0 saturated heterocycles. The van der Waals surface area contributed by atoms with Crippen LogP contribution in [0.4, 0.5) is 0 Å². The van der Waals surface area contributed by atoms with Gasteiger partial charge in [0, 0.05) is 27.6 Å². The molecule has 1 unspecified atom stereocenters. The molecular formula is C51H45N3OSi+2. The van der Waals surface area contributed by atoms with Gasteiger partial charge in [0.15, 0.2) is 22.8 Å². The molecule has 0 aliphatic carbocycles. The Labute approximate surface area is 328 Å². The van der Waals surface area contributed by atoms with Crippen LogP contribution in [0.5, 0.6) is 0 Å². The second kappa shape index (κ2) is 11.7. The van der Waals surface area contributed by atoms with E-state index in [-0.39, 0.29) is 0 Å². The molecule has 1 spiro atoms. The fraction of sp³-hybridized carbons (Fsp3) is 0.176. The van der Waals surface area contributed by atoms with Crippen molar-refractivity contribution in [2.75, 3.05) is 0 Å². The van der Waals surface area contributed by atoms with Crippen LogP contribution in [-0.2, 0) is 12.1 Å². The van der Waals surface area contributed by atoms with Gasteiger partial charge in [-0.05, 0) is 78.9 Å². The van der Waals surface area contributed by atoms with E-state index in [4.69, 9.17) is 4.42 Å². The van der Waals surface area contributed by atoms with E-state index >= 15 is 0 Å². The van der Waals surface area contributed by atoms with Gasteiger partial charge in [-0.2, -0.15) is 4.57 Å². The molecule has 2 aliphatic rings. The van der Waals surface area contributed by atoms with Gasteiger partial charge >= 0.3 is 11.5 Å². The molecule has 6 aromatic carbocycles. The molecule has 0 fully saturated rings. The van der Waals surface area contributed by atoms with E-state index in [9.17, 15) is 0 Å². The quantitative estimate of drug-likeness (QED) is 0.127. The van der Waals surface area contributed by atoms with E-state index in [0.29, 0.717) is 5.92 Å². The molecule has 5 heteroatoms. The molecule has 2 aliphatic heterocycles. The van der Waals surface area contributed by atoms with Gasteiger partial charge in [-0.25, -0.2) is 0 Å². The largest absolute Gasteiger partial charge is 0.455 e. The standard InChI is InChI=1S/C51H45N3OSi/c1-32(2)28-35-30-45-39-25-24-33(3)29-41(39)51(52(45)31-47(35)56(4,5)6)40-27-26-38-37-19-11-15-23-46(37)55-49(38)48(40)50-53(43-21-13-14-22-44(43)54(50)51)42-20-12-10-18-36(42)34-16-8-7-9-17-34/h7-27,29-32H,28H2,1-6H3/q+2. The number of furan rings is 1. The first-order valence-electron chi connectivity index (χ1n) is 20.0. The van der Waals surface area contributed by atoms with Crippen LogP contribution >= 0.6 is 0 Å². The maximum absolute atomic E-state index is 7.07. The number of aromatic nitrogens is 3. The Bertz CT molecular complexity index is 3090. The maximum Gasteiger partial charge on any atom is 0.364 e. The van der Waals surface area contributed by atoms with Gasteiger partial charge in [-0.3, -0.25) is 0 Å². The molecular weight excluding hydrogens is 699 g/mol. The van der Waals surface area contributed by atoms with Crippen molar-refractivity contribution in [1.82, 2.24) is 4.57 Å². The van der Waals surface area contributed by atoms with Crippen LogP contribution in [-0.4, -0.2) is 12.6 Å². The molecule has 11 rings (SSSR count). The van der Waals surface area contributed by atoms with Crippen molar-refractivity contribution >= 4 is 46.2 Å². The first-order chi connectivity index (χ1) is 27.2. The number of hydrogen-bond acceptors (Lipinski definition) is 1. The molecule has 0 saturated carbocycles. The number of imidazole rings is 1. The van der Waals surface area contributed by atoms with Crippen LogP contribution in [0.1, 0.15) is 36.1 Å². The average Bonchev–Trinajstić information content (AvgIpc) is 3.90.